The molecule has 0 aliphatic heterocycles. The number of halogens is 4. The van der Waals surface area contributed by atoms with Crippen LogP contribution in [0.2, 0.25) is 5.02 Å². The molecule has 0 unspecified atom stereocenters. The molecule has 0 saturated heterocycles. The average Bonchev–Trinajstić information content (AvgIpc) is 2.47. The third-order valence-corrected chi connectivity index (χ3v) is 3.47. The van der Waals surface area contributed by atoms with E-state index in [2.05, 4.69) is 4.98 Å². The Morgan fingerprint density at radius 3 is 2.50 bits per heavy atom. The minimum absolute atomic E-state index is 0.0991. The van der Waals surface area contributed by atoms with Crippen molar-refractivity contribution in [2.45, 2.75) is 13.3 Å². The smallest absolute Gasteiger partial charge is 0.356 e. The lowest BCUT2D eigenvalue weighted by Gasteiger charge is -2.11. The van der Waals surface area contributed by atoms with E-state index in [1.807, 2.05) is 0 Å². The minimum Gasteiger partial charge on any atom is -0.476 e. The van der Waals surface area contributed by atoms with Gasteiger partial charge in [-0.15, -0.1) is 0 Å². The molecule has 0 radical (unpaired) electrons. The molecule has 3 N–H and O–H groups in total. The third-order valence-electron chi connectivity index (χ3n) is 3.09. The summed E-state index contributed by atoms with van der Waals surface area (Å²) in [6, 6.07) is 1.65. The second-order valence-electron chi connectivity index (χ2n) is 4.43. The Bertz CT molecular complexity index is 781. The van der Waals surface area contributed by atoms with E-state index in [4.69, 9.17) is 22.4 Å². The van der Waals surface area contributed by atoms with Gasteiger partial charge >= 0.3 is 5.97 Å². The van der Waals surface area contributed by atoms with Crippen molar-refractivity contribution in [3.63, 3.8) is 0 Å². The van der Waals surface area contributed by atoms with E-state index in [0.717, 1.165) is 12.1 Å². The number of nitrogens with zero attached hydrogens (tertiary/aromatic N) is 1. The molecule has 1 aromatic carbocycles. The number of anilines is 1. The number of nitrogens with two attached hydrogens (primary N) is 1. The topological polar surface area (TPSA) is 76.2 Å². The van der Waals surface area contributed by atoms with E-state index in [9.17, 15) is 18.0 Å². The lowest BCUT2D eigenvalue weighted by molar-refractivity contribution is 0.0691. The fraction of sp³-hybridized carbons (Fsp3) is 0.143. The summed E-state index contributed by atoms with van der Waals surface area (Å²) in [6.07, 6.45) is 0.238. The highest BCUT2D eigenvalue weighted by molar-refractivity contribution is 6.35. The van der Waals surface area contributed by atoms with Gasteiger partial charge in [-0.25, -0.2) is 22.9 Å². The van der Waals surface area contributed by atoms with Crippen LogP contribution in [-0.2, 0) is 6.42 Å². The largest absolute Gasteiger partial charge is 0.476 e. The summed E-state index contributed by atoms with van der Waals surface area (Å²) < 4.78 is 42.0. The Hall–Kier alpha value is -2.28. The van der Waals surface area contributed by atoms with E-state index < -0.39 is 51.1 Å². The molecule has 22 heavy (non-hydrogen) atoms. The van der Waals surface area contributed by atoms with Crippen LogP contribution in [0.4, 0.5) is 18.9 Å². The number of aryl methyl sites for hydroxylation is 1. The van der Waals surface area contributed by atoms with Gasteiger partial charge in [0.25, 0.3) is 0 Å². The zero-order chi connectivity index (χ0) is 16.6. The van der Waals surface area contributed by atoms with Gasteiger partial charge in [-0.2, -0.15) is 0 Å². The number of hydrogen-bond donors (Lipinski definition) is 2. The van der Waals surface area contributed by atoms with Crippen LogP contribution in [0.3, 0.4) is 0 Å². The Labute approximate surface area is 128 Å². The molecule has 0 atom stereocenters. The van der Waals surface area contributed by atoms with Crippen molar-refractivity contribution in [3.8, 4) is 11.3 Å². The normalized spacial score (nSPS) is 10.8. The maximum absolute atomic E-state index is 14.1. The molecule has 0 aliphatic carbocycles. The van der Waals surface area contributed by atoms with Gasteiger partial charge in [0.15, 0.2) is 11.5 Å². The zero-order valence-electron chi connectivity index (χ0n) is 11.3. The highest BCUT2D eigenvalue weighted by Crippen LogP contribution is 2.34. The van der Waals surface area contributed by atoms with Crippen LogP contribution in [0, 0.1) is 17.5 Å². The van der Waals surface area contributed by atoms with Crippen molar-refractivity contribution in [3.05, 3.63) is 45.9 Å². The van der Waals surface area contributed by atoms with Crippen LogP contribution in [0.25, 0.3) is 11.3 Å². The first-order chi connectivity index (χ1) is 10.3. The van der Waals surface area contributed by atoms with E-state index in [-0.39, 0.29) is 12.0 Å². The van der Waals surface area contributed by atoms with E-state index >= 15 is 0 Å². The average molecular weight is 331 g/mol. The number of carboxylic acid groups (broad SMARTS) is 1. The first kappa shape index (κ1) is 16.1. The minimum atomic E-state index is -1.57. The molecule has 2 aromatic rings. The molecule has 0 bridgehead atoms. The second kappa shape index (κ2) is 5.84. The maximum Gasteiger partial charge on any atom is 0.356 e. The fourth-order valence-corrected chi connectivity index (χ4v) is 2.13. The molecule has 0 amide bonds. The number of aromatic nitrogens is 1. The second-order valence-corrected chi connectivity index (χ2v) is 4.81. The number of benzene rings is 1. The van der Waals surface area contributed by atoms with Crippen molar-refractivity contribution in [1.82, 2.24) is 4.98 Å². The highest BCUT2D eigenvalue weighted by atomic mass is 35.5. The van der Waals surface area contributed by atoms with Crippen LogP contribution >= 0.6 is 11.6 Å². The lowest BCUT2D eigenvalue weighted by atomic mass is 10.0. The summed E-state index contributed by atoms with van der Waals surface area (Å²) in [5, 5.41) is 8.37. The number of carboxylic acids is 1. The van der Waals surface area contributed by atoms with E-state index in [1.165, 1.54) is 0 Å². The fourth-order valence-electron chi connectivity index (χ4n) is 1.92. The van der Waals surface area contributed by atoms with Gasteiger partial charge in [-0.05, 0) is 24.1 Å². The first-order valence-corrected chi connectivity index (χ1v) is 6.51. The van der Waals surface area contributed by atoms with Crippen LogP contribution in [0.5, 0.6) is 0 Å². The molecule has 1 heterocycles. The standard InChI is InChI=1S/C14H10ClF3N2O2/c1-2-5-3-8(17)6(4-7(5)16)12-10(18)11(19)9(15)13(20-12)14(21)22/h3-4H,2H2,1H3,(H2,19,20)(H,21,22). The molecule has 1 aromatic heterocycles. The summed E-state index contributed by atoms with van der Waals surface area (Å²) in [4.78, 5) is 14.5. The van der Waals surface area contributed by atoms with Gasteiger partial charge < -0.3 is 10.8 Å². The van der Waals surface area contributed by atoms with E-state index in [1.54, 1.807) is 6.92 Å². The van der Waals surface area contributed by atoms with E-state index in [0.29, 0.717) is 0 Å². The van der Waals surface area contributed by atoms with Crippen LogP contribution in [0.15, 0.2) is 12.1 Å². The number of nitrogen functional groups attached to an aromatic ring is 1. The number of hydrogen-bond acceptors (Lipinski definition) is 3. The Kier molecular flexibility index (Phi) is 4.27. The summed E-state index contributed by atoms with van der Waals surface area (Å²) >= 11 is 5.60. The maximum atomic E-state index is 14.1. The summed E-state index contributed by atoms with van der Waals surface area (Å²) in [6.45, 7) is 1.62. The molecular formula is C14H10ClF3N2O2. The molecule has 8 heteroatoms. The van der Waals surface area contributed by atoms with Crippen molar-refractivity contribution < 1.29 is 23.1 Å². The molecule has 116 valence electrons. The predicted molar refractivity (Wildman–Crippen MR) is 75.3 cm³/mol. The Morgan fingerprint density at radius 2 is 1.95 bits per heavy atom. The van der Waals surface area contributed by atoms with Crippen LogP contribution in [-0.4, -0.2) is 16.1 Å². The highest BCUT2D eigenvalue weighted by Gasteiger charge is 2.24. The predicted octanol–water partition coefficient (Wildman–Crippen LogP) is 3.66. The molecule has 0 aliphatic rings. The van der Waals surface area contributed by atoms with Crippen LogP contribution < -0.4 is 5.73 Å². The molecular weight excluding hydrogens is 321 g/mol. The number of rotatable bonds is 3. The number of carbonyl (C=O) groups is 1. The SMILES string of the molecule is CCc1cc(F)c(-c2nc(C(=O)O)c(Cl)c(N)c2F)cc1F. The van der Waals surface area contributed by atoms with Crippen molar-refractivity contribution in [2.75, 3.05) is 5.73 Å². The van der Waals surface area contributed by atoms with Gasteiger partial charge in [0.05, 0.1) is 10.7 Å². The van der Waals surface area contributed by atoms with Gasteiger partial charge in [0, 0.05) is 5.56 Å². The summed E-state index contributed by atoms with van der Waals surface area (Å²) in [5.74, 6) is -4.48. The molecule has 0 fully saturated rings. The van der Waals surface area contributed by atoms with Crippen LogP contribution in [0.1, 0.15) is 23.0 Å². The van der Waals surface area contributed by atoms with Gasteiger partial charge in [0.2, 0.25) is 0 Å². The molecule has 2 rings (SSSR count). The van der Waals surface area contributed by atoms with Crippen molar-refractivity contribution in [1.29, 1.82) is 0 Å². The van der Waals surface area contributed by atoms with Crippen molar-refractivity contribution >= 4 is 23.3 Å². The monoisotopic (exact) mass is 330 g/mol. The number of aromatic carboxylic acids is 1. The molecule has 4 nitrogen and oxygen atoms in total. The lowest BCUT2D eigenvalue weighted by Crippen LogP contribution is -2.09. The van der Waals surface area contributed by atoms with Gasteiger partial charge in [-0.3, -0.25) is 0 Å². The van der Waals surface area contributed by atoms with Crippen molar-refractivity contribution in [2.24, 2.45) is 0 Å². The Morgan fingerprint density at radius 1 is 1.32 bits per heavy atom. The quantitative estimate of drug-likeness (QED) is 0.900. The molecule has 0 saturated carbocycles. The summed E-state index contributed by atoms with van der Waals surface area (Å²) in [5.41, 5.74) is 2.80. The number of pyridine rings is 1. The Balaban J connectivity index is 2.78. The zero-order valence-corrected chi connectivity index (χ0v) is 12.0. The van der Waals surface area contributed by atoms with Gasteiger partial charge in [0.1, 0.15) is 17.3 Å². The summed E-state index contributed by atoms with van der Waals surface area (Å²) in [7, 11) is 0. The first-order valence-electron chi connectivity index (χ1n) is 6.13. The third kappa shape index (κ3) is 2.59. The van der Waals surface area contributed by atoms with Gasteiger partial charge in [-0.1, -0.05) is 18.5 Å². The molecule has 0 spiro atoms.